The van der Waals surface area contributed by atoms with E-state index in [4.69, 9.17) is 0 Å². The lowest BCUT2D eigenvalue weighted by atomic mass is 10.0. The number of carboxylic acids is 1. The lowest BCUT2D eigenvalue weighted by molar-refractivity contribution is -0.138. The molecule has 6 nitrogen and oxygen atoms in total. The van der Waals surface area contributed by atoms with Crippen molar-refractivity contribution in [2.45, 2.75) is 25.1 Å². The number of nitrogens with zero attached hydrogens (tertiary/aromatic N) is 1. The molecule has 0 unspecified atom stereocenters. The topological polar surface area (TPSA) is 86.7 Å². The molecule has 178 valence electrons. The predicted octanol–water partition coefficient (Wildman–Crippen LogP) is 5.55. The van der Waals surface area contributed by atoms with E-state index in [2.05, 4.69) is 5.32 Å². The number of amides is 3. The molecular weight excluding hydrogens is 448 g/mol. The summed E-state index contributed by atoms with van der Waals surface area (Å²) >= 11 is 1.42. The molecule has 7 heteroatoms. The highest BCUT2D eigenvalue weighted by Crippen LogP contribution is 2.21. The number of carbonyl (C=O) groups is 3. The Bertz CT molecular complexity index is 1110. The van der Waals surface area contributed by atoms with Gasteiger partial charge in [0.1, 0.15) is 6.04 Å². The number of hydrogen-bond acceptors (Lipinski definition) is 4. The Morgan fingerprint density at radius 2 is 1.59 bits per heavy atom. The lowest BCUT2D eigenvalue weighted by Crippen LogP contribution is -2.51. The first kappa shape index (κ1) is 25.1. The molecule has 3 aromatic carbocycles. The van der Waals surface area contributed by atoms with Crippen molar-refractivity contribution in [2.24, 2.45) is 0 Å². The summed E-state index contributed by atoms with van der Waals surface area (Å²) in [6.45, 7) is 2.04. The monoisotopic (exact) mass is 479 g/mol. The fraction of sp³-hybridized carbons (Fsp3) is 0.222. The average Bonchev–Trinajstić information content (AvgIpc) is 2.87. The molecule has 0 saturated heterocycles. The first-order chi connectivity index (χ1) is 16.5. The third-order valence-electron chi connectivity index (χ3n) is 5.15. The number of carboxylic acid groups (broad SMARTS) is 1. The molecule has 1 atom stereocenters. The molecule has 3 aromatic rings. The maximum atomic E-state index is 13.2. The van der Waals surface area contributed by atoms with Gasteiger partial charge in [-0.1, -0.05) is 79.7 Å². The summed E-state index contributed by atoms with van der Waals surface area (Å²) in [6, 6.07) is 24.6. The summed E-state index contributed by atoms with van der Waals surface area (Å²) in [5, 5.41) is 12.1. The van der Waals surface area contributed by atoms with Crippen LogP contribution in [0.4, 0.5) is 4.79 Å². The van der Waals surface area contributed by atoms with Crippen LogP contribution < -0.4 is 5.32 Å². The Balaban J connectivity index is 0.00000432. The highest BCUT2D eigenvalue weighted by atomic mass is 32.2. The van der Waals surface area contributed by atoms with Crippen LogP contribution in [-0.4, -0.2) is 46.3 Å². The van der Waals surface area contributed by atoms with Crippen LogP contribution in [-0.2, 0) is 10.5 Å². The van der Waals surface area contributed by atoms with Crippen LogP contribution in [0.15, 0.2) is 84.9 Å². The number of hydrogen-bond donors (Lipinski definition) is 2. The first-order valence-corrected chi connectivity index (χ1v) is 12.3. The zero-order chi connectivity index (χ0) is 24.3. The zero-order valence-corrected chi connectivity index (χ0v) is 19.8. The number of benzene rings is 3. The van der Waals surface area contributed by atoms with Gasteiger partial charge in [-0.25, -0.2) is 9.59 Å². The summed E-state index contributed by atoms with van der Waals surface area (Å²) in [5.41, 5.74) is 3.27. The van der Waals surface area contributed by atoms with E-state index in [1.807, 2.05) is 73.7 Å². The second-order valence-electron chi connectivity index (χ2n) is 7.74. The normalized spacial score (nSPS) is 11.4. The molecule has 0 bridgehead atoms. The molecule has 0 fully saturated rings. The molecule has 0 radical (unpaired) electrons. The maximum absolute atomic E-state index is 13.2. The van der Waals surface area contributed by atoms with E-state index in [1.54, 1.807) is 18.2 Å². The van der Waals surface area contributed by atoms with Crippen molar-refractivity contribution in [2.75, 3.05) is 12.3 Å². The number of imide groups is 1. The fourth-order valence-electron chi connectivity index (χ4n) is 3.41. The summed E-state index contributed by atoms with van der Waals surface area (Å²) < 4.78 is 0. The lowest BCUT2D eigenvalue weighted by Gasteiger charge is -2.23. The standard InChI is InChI=1S/C27H28N2O4S.H2/c1-2-16-29(25(30)23-15-9-14-22(17-23)21-12-7-4-8-13-21)27(33)28-24(26(31)32)19-34-18-20-10-5-3-6-11-20;/h3-15,17,24H,2,16,18-19H2,1H3,(H,28,33)(H,31,32);1H/t24-;/m1./s1/i;1+1. The van der Waals surface area contributed by atoms with Gasteiger partial charge in [-0.3, -0.25) is 9.69 Å². The number of nitrogens with one attached hydrogen (secondary N) is 1. The van der Waals surface area contributed by atoms with Crippen LogP contribution >= 0.6 is 11.8 Å². The van der Waals surface area contributed by atoms with E-state index in [0.29, 0.717) is 17.7 Å². The maximum Gasteiger partial charge on any atom is 0.327 e. The van der Waals surface area contributed by atoms with Crippen molar-refractivity contribution in [3.05, 3.63) is 96.1 Å². The van der Waals surface area contributed by atoms with Gasteiger partial charge >= 0.3 is 12.0 Å². The molecule has 34 heavy (non-hydrogen) atoms. The molecule has 0 aliphatic heterocycles. The largest absolute Gasteiger partial charge is 0.480 e. The molecule has 0 heterocycles. The minimum atomic E-state index is -1.14. The second-order valence-corrected chi connectivity index (χ2v) is 8.77. The third-order valence-corrected chi connectivity index (χ3v) is 6.25. The van der Waals surface area contributed by atoms with Gasteiger partial charge < -0.3 is 10.4 Å². The Labute approximate surface area is 205 Å². The molecule has 3 rings (SSSR count). The third kappa shape index (κ3) is 6.96. The van der Waals surface area contributed by atoms with Gasteiger partial charge in [0.05, 0.1) is 0 Å². The number of thioether (sulfide) groups is 1. The SMILES string of the molecule is CCCN(C(=O)N[C@H](CSCc1ccccc1)C(=O)O)C(=O)c1cccc(-c2ccccc2)c1.[2HH]. The zero-order valence-electron chi connectivity index (χ0n) is 19.0. The van der Waals surface area contributed by atoms with Crippen molar-refractivity contribution in [1.82, 2.24) is 10.2 Å². The number of rotatable bonds is 10. The molecule has 0 spiro atoms. The smallest absolute Gasteiger partial charge is 0.327 e. The van der Waals surface area contributed by atoms with Crippen molar-refractivity contribution >= 4 is 29.7 Å². The number of urea groups is 1. The van der Waals surface area contributed by atoms with Crippen molar-refractivity contribution in [3.63, 3.8) is 0 Å². The van der Waals surface area contributed by atoms with E-state index >= 15 is 0 Å². The van der Waals surface area contributed by atoms with Gasteiger partial charge in [0, 0.05) is 25.0 Å². The van der Waals surface area contributed by atoms with E-state index in [-0.39, 0.29) is 13.7 Å². The Hall–Kier alpha value is -3.58. The van der Waals surface area contributed by atoms with Gasteiger partial charge in [0.2, 0.25) is 0 Å². The van der Waals surface area contributed by atoms with Gasteiger partial charge in [-0.2, -0.15) is 11.8 Å². The van der Waals surface area contributed by atoms with Crippen LogP contribution in [0.3, 0.4) is 0 Å². The fourth-order valence-corrected chi connectivity index (χ4v) is 4.42. The highest BCUT2D eigenvalue weighted by molar-refractivity contribution is 7.98. The first-order valence-electron chi connectivity index (χ1n) is 11.1. The van der Waals surface area contributed by atoms with Crippen LogP contribution in [0.1, 0.15) is 30.7 Å². The van der Waals surface area contributed by atoms with Gasteiger partial charge in [-0.05, 0) is 35.2 Å². The molecule has 2 N–H and O–H groups in total. The summed E-state index contributed by atoms with van der Waals surface area (Å²) in [6.07, 6.45) is 0.554. The van der Waals surface area contributed by atoms with Crippen LogP contribution in [0.2, 0.25) is 0 Å². The van der Waals surface area contributed by atoms with Gasteiger partial charge in [-0.15, -0.1) is 0 Å². The van der Waals surface area contributed by atoms with Gasteiger partial charge in [0.15, 0.2) is 0 Å². The Morgan fingerprint density at radius 3 is 2.24 bits per heavy atom. The predicted molar refractivity (Wildman–Crippen MR) is 138 cm³/mol. The van der Waals surface area contributed by atoms with Crippen LogP contribution in [0.5, 0.6) is 0 Å². The number of aliphatic carboxylic acids is 1. The van der Waals surface area contributed by atoms with Crippen LogP contribution in [0, 0.1) is 0 Å². The minimum absolute atomic E-state index is 0. The van der Waals surface area contributed by atoms with E-state index in [1.165, 1.54) is 11.8 Å². The summed E-state index contributed by atoms with van der Waals surface area (Å²) in [7, 11) is 0. The Kier molecular flexibility index (Phi) is 9.29. The molecule has 0 aromatic heterocycles. The number of carbonyl (C=O) groups excluding carboxylic acids is 2. The quantitative estimate of drug-likeness (QED) is 0.398. The minimum Gasteiger partial charge on any atom is -0.480 e. The summed E-state index contributed by atoms with van der Waals surface area (Å²) in [4.78, 5) is 39.0. The van der Waals surface area contributed by atoms with E-state index < -0.39 is 23.9 Å². The molecule has 3 amide bonds. The second kappa shape index (κ2) is 12.6. The molecule has 0 aliphatic rings. The molecule has 0 saturated carbocycles. The van der Waals surface area contributed by atoms with Crippen molar-refractivity contribution in [1.29, 1.82) is 0 Å². The van der Waals surface area contributed by atoms with Crippen molar-refractivity contribution in [3.8, 4) is 11.1 Å². The van der Waals surface area contributed by atoms with Crippen molar-refractivity contribution < 1.29 is 20.9 Å². The highest BCUT2D eigenvalue weighted by Gasteiger charge is 2.27. The van der Waals surface area contributed by atoms with Crippen LogP contribution in [0.25, 0.3) is 11.1 Å². The average molecular weight is 480 g/mol. The molecule has 0 aliphatic carbocycles. The van der Waals surface area contributed by atoms with E-state index in [0.717, 1.165) is 21.6 Å². The summed E-state index contributed by atoms with van der Waals surface area (Å²) in [5.74, 6) is -0.778. The Morgan fingerprint density at radius 1 is 0.941 bits per heavy atom. The molecular formula is C27H30N2O4S. The van der Waals surface area contributed by atoms with E-state index in [9.17, 15) is 19.5 Å². The van der Waals surface area contributed by atoms with Gasteiger partial charge in [0.25, 0.3) is 5.91 Å².